The maximum Gasteiger partial charge on any atom is 0.337 e. The molecular formula is C26H21ClN4O3S. The standard InChI is InChI=1S/C26H21ClN4O3S/c1-34-25(33)16-6-4-7-18(14-16)30-13-5-9-20(30)24-23(19-8-2-3-12-28-19)29-26(35)31(24)21-15-17(27)10-11-22(21)32/h2-15,23-24,32H,1H3,(H,29,35)/t23-,24-/m0/s1. The largest absolute Gasteiger partial charge is 0.506 e. The minimum atomic E-state index is -0.416. The second kappa shape index (κ2) is 9.40. The van der Waals surface area contributed by atoms with Crippen LogP contribution in [0.25, 0.3) is 5.69 Å². The van der Waals surface area contributed by atoms with Crippen LogP contribution in [-0.2, 0) is 4.74 Å². The number of nitrogens with zero attached hydrogens (tertiary/aromatic N) is 3. The molecule has 9 heteroatoms. The molecule has 2 aromatic carbocycles. The molecule has 1 fully saturated rings. The summed E-state index contributed by atoms with van der Waals surface area (Å²) in [6, 6.07) is 20.9. The quantitative estimate of drug-likeness (QED) is 0.286. The van der Waals surface area contributed by atoms with Gasteiger partial charge in [0.25, 0.3) is 0 Å². The van der Waals surface area contributed by atoms with E-state index in [4.69, 9.17) is 28.6 Å². The molecule has 1 aliphatic heterocycles. The van der Waals surface area contributed by atoms with Gasteiger partial charge < -0.3 is 24.6 Å². The SMILES string of the molecule is COC(=O)c1cccc(-n2cccc2[C@H]2[C@H](c3ccccn3)NC(=S)N2c2cc(Cl)ccc2O)c1. The van der Waals surface area contributed by atoms with E-state index < -0.39 is 12.0 Å². The monoisotopic (exact) mass is 504 g/mol. The Morgan fingerprint density at radius 1 is 1.11 bits per heavy atom. The molecule has 1 aliphatic rings. The van der Waals surface area contributed by atoms with Crippen LogP contribution in [0.2, 0.25) is 5.02 Å². The number of rotatable bonds is 5. The zero-order valence-corrected chi connectivity index (χ0v) is 20.2. The topological polar surface area (TPSA) is 79.6 Å². The number of methoxy groups -OCH3 is 1. The normalized spacial score (nSPS) is 17.3. The Kier molecular flexibility index (Phi) is 6.15. The van der Waals surface area contributed by atoms with E-state index in [-0.39, 0.29) is 11.8 Å². The highest BCUT2D eigenvalue weighted by atomic mass is 35.5. The number of anilines is 1. The summed E-state index contributed by atoms with van der Waals surface area (Å²) >= 11 is 12.0. The van der Waals surface area contributed by atoms with Crippen LogP contribution in [-0.4, -0.2) is 32.8 Å². The van der Waals surface area contributed by atoms with E-state index in [2.05, 4.69) is 10.3 Å². The van der Waals surface area contributed by atoms with Crippen molar-refractivity contribution in [3.05, 3.63) is 107 Å². The van der Waals surface area contributed by atoms with Crippen LogP contribution in [0.4, 0.5) is 5.69 Å². The van der Waals surface area contributed by atoms with E-state index in [1.807, 2.05) is 52.1 Å². The van der Waals surface area contributed by atoms with Gasteiger partial charge in [0, 0.05) is 28.8 Å². The fourth-order valence-electron chi connectivity index (χ4n) is 4.38. The minimum Gasteiger partial charge on any atom is -0.506 e. The molecule has 7 nitrogen and oxygen atoms in total. The predicted octanol–water partition coefficient (Wildman–Crippen LogP) is 5.20. The molecule has 2 atom stereocenters. The van der Waals surface area contributed by atoms with E-state index in [0.717, 1.165) is 17.1 Å². The molecule has 0 spiro atoms. The third kappa shape index (κ3) is 4.22. The first-order valence-electron chi connectivity index (χ1n) is 10.8. The van der Waals surface area contributed by atoms with Gasteiger partial charge in [0.15, 0.2) is 5.11 Å². The van der Waals surface area contributed by atoms with Gasteiger partial charge in [-0.3, -0.25) is 4.98 Å². The number of nitrogens with one attached hydrogen (secondary N) is 1. The lowest BCUT2D eigenvalue weighted by atomic mass is 10.0. The summed E-state index contributed by atoms with van der Waals surface area (Å²) in [5.41, 5.74) is 3.36. The highest BCUT2D eigenvalue weighted by Gasteiger charge is 2.43. The van der Waals surface area contributed by atoms with Crippen LogP contribution in [0.5, 0.6) is 5.75 Å². The molecule has 2 N–H and O–H groups in total. The molecule has 1 saturated heterocycles. The summed E-state index contributed by atoms with van der Waals surface area (Å²) in [6.45, 7) is 0. The molecule has 5 rings (SSSR count). The maximum absolute atomic E-state index is 12.1. The summed E-state index contributed by atoms with van der Waals surface area (Å²) in [7, 11) is 1.36. The minimum absolute atomic E-state index is 0.0519. The second-order valence-electron chi connectivity index (χ2n) is 7.97. The van der Waals surface area contributed by atoms with Crippen molar-refractivity contribution in [2.24, 2.45) is 0 Å². The van der Waals surface area contributed by atoms with E-state index >= 15 is 0 Å². The molecule has 0 radical (unpaired) electrons. The Morgan fingerprint density at radius 3 is 2.74 bits per heavy atom. The van der Waals surface area contributed by atoms with Gasteiger partial charge in [0.05, 0.1) is 30.1 Å². The third-order valence-electron chi connectivity index (χ3n) is 5.92. The number of ether oxygens (including phenoxy) is 1. The van der Waals surface area contributed by atoms with Gasteiger partial charge in [-0.05, 0) is 72.9 Å². The summed E-state index contributed by atoms with van der Waals surface area (Å²) < 4.78 is 6.88. The number of benzene rings is 2. The summed E-state index contributed by atoms with van der Waals surface area (Å²) in [5.74, 6) is -0.364. The first-order chi connectivity index (χ1) is 17.0. The number of pyridine rings is 1. The van der Waals surface area contributed by atoms with Crippen molar-refractivity contribution in [3.63, 3.8) is 0 Å². The van der Waals surface area contributed by atoms with Crippen molar-refractivity contribution in [1.29, 1.82) is 0 Å². The number of aromatic nitrogens is 2. The zero-order valence-electron chi connectivity index (χ0n) is 18.6. The lowest BCUT2D eigenvalue weighted by Gasteiger charge is -2.29. The number of phenols is 1. The Morgan fingerprint density at radius 2 is 1.97 bits per heavy atom. The fraction of sp³-hybridized carbons (Fsp3) is 0.115. The van der Waals surface area contributed by atoms with E-state index in [0.29, 0.717) is 21.4 Å². The van der Waals surface area contributed by atoms with Crippen molar-refractivity contribution >= 4 is 40.6 Å². The van der Waals surface area contributed by atoms with Gasteiger partial charge in [0.2, 0.25) is 0 Å². The van der Waals surface area contributed by atoms with Crippen molar-refractivity contribution in [3.8, 4) is 11.4 Å². The Balaban J connectivity index is 1.68. The van der Waals surface area contributed by atoms with E-state index in [1.165, 1.54) is 7.11 Å². The van der Waals surface area contributed by atoms with Crippen LogP contribution in [0.1, 0.15) is 33.8 Å². The van der Waals surface area contributed by atoms with Crippen LogP contribution in [0, 0.1) is 0 Å². The highest BCUT2D eigenvalue weighted by Crippen LogP contribution is 2.45. The first-order valence-corrected chi connectivity index (χ1v) is 11.6. The van der Waals surface area contributed by atoms with Crippen LogP contribution in [0.15, 0.2) is 85.2 Å². The lowest BCUT2D eigenvalue weighted by Crippen LogP contribution is -2.30. The number of aromatic hydroxyl groups is 1. The summed E-state index contributed by atoms with van der Waals surface area (Å²) in [4.78, 5) is 18.6. The van der Waals surface area contributed by atoms with E-state index in [1.54, 1.807) is 42.6 Å². The average molecular weight is 505 g/mol. The zero-order chi connectivity index (χ0) is 24.5. The van der Waals surface area contributed by atoms with E-state index in [9.17, 15) is 9.90 Å². The first kappa shape index (κ1) is 22.9. The predicted molar refractivity (Wildman–Crippen MR) is 138 cm³/mol. The molecule has 3 heterocycles. The highest BCUT2D eigenvalue weighted by molar-refractivity contribution is 7.80. The second-order valence-corrected chi connectivity index (χ2v) is 8.80. The number of phenolic OH excluding ortho intramolecular Hbond substituents is 1. The van der Waals surface area contributed by atoms with Gasteiger partial charge >= 0.3 is 5.97 Å². The van der Waals surface area contributed by atoms with Crippen LogP contribution in [0.3, 0.4) is 0 Å². The molecule has 0 aliphatic carbocycles. The molecule has 4 aromatic rings. The fourth-order valence-corrected chi connectivity index (χ4v) is 4.88. The molecule has 0 saturated carbocycles. The van der Waals surface area contributed by atoms with Gasteiger partial charge in [0.1, 0.15) is 11.8 Å². The molecule has 35 heavy (non-hydrogen) atoms. The Labute approximate surface area is 212 Å². The lowest BCUT2D eigenvalue weighted by molar-refractivity contribution is 0.0600. The van der Waals surface area contributed by atoms with Crippen molar-refractivity contribution in [1.82, 2.24) is 14.9 Å². The number of carbonyl (C=O) groups excluding carboxylic acids is 1. The number of halogens is 1. The Hall–Kier alpha value is -3.88. The number of carbonyl (C=O) groups is 1. The number of hydrogen-bond donors (Lipinski definition) is 2. The Bertz CT molecular complexity index is 1410. The molecule has 2 aromatic heterocycles. The van der Waals surface area contributed by atoms with Crippen molar-refractivity contribution in [2.75, 3.05) is 12.0 Å². The smallest absolute Gasteiger partial charge is 0.337 e. The molecule has 0 amide bonds. The number of thiocarbonyl (C=S) groups is 1. The maximum atomic E-state index is 12.1. The molecule has 0 bridgehead atoms. The summed E-state index contributed by atoms with van der Waals surface area (Å²) in [6.07, 6.45) is 3.65. The molecule has 0 unspecified atom stereocenters. The van der Waals surface area contributed by atoms with Gasteiger partial charge in [-0.2, -0.15) is 0 Å². The van der Waals surface area contributed by atoms with Crippen LogP contribution >= 0.6 is 23.8 Å². The van der Waals surface area contributed by atoms with Gasteiger partial charge in [-0.1, -0.05) is 23.7 Å². The molecular weight excluding hydrogens is 484 g/mol. The van der Waals surface area contributed by atoms with Gasteiger partial charge in [-0.25, -0.2) is 4.79 Å². The summed E-state index contributed by atoms with van der Waals surface area (Å²) in [5, 5.41) is 15.0. The number of hydrogen-bond acceptors (Lipinski definition) is 5. The number of esters is 1. The average Bonchev–Trinajstić information content (AvgIpc) is 3.50. The van der Waals surface area contributed by atoms with Gasteiger partial charge in [-0.15, -0.1) is 0 Å². The molecule has 176 valence electrons. The van der Waals surface area contributed by atoms with Crippen LogP contribution < -0.4 is 10.2 Å². The third-order valence-corrected chi connectivity index (χ3v) is 6.47. The van der Waals surface area contributed by atoms with Crippen molar-refractivity contribution < 1.29 is 14.6 Å². The van der Waals surface area contributed by atoms with Crippen molar-refractivity contribution in [2.45, 2.75) is 12.1 Å².